The lowest BCUT2D eigenvalue weighted by atomic mass is 10.1. The molecule has 0 aliphatic heterocycles. The van der Waals surface area contributed by atoms with Gasteiger partial charge in [0.2, 0.25) is 0 Å². The Morgan fingerprint density at radius 2 is 2.18 bits per heavy atom. The van der Waals surface area contributed by atoms with Gasteiger partial charge in [-0.25, -0.2) is 8.78 Å². The molecule has 0 aliphatic rings. The maximum atomic E-state index is 13.3. The van der Waals surface area contributed by atoms with Crippen molar-refractivity contribution in [3.8, 4) is 0 Å². The second kappa shape index (κ2) is 6.69. The number of rotatable bonds is 5. The van der Waals surface area contributed by atoms with E-state index >= 15 is 0 Å². The summed E-state index contributed by atoms with van der Waals surface area (Å²) < 4.78 is 26.2. The molecule has 1 N–H and O–H groups in total. The highest BCUT2D eigenvalue weighted by molar-refractivity contribution is 9.09. The van der Waals surface area contributed by atoms with Crippen LogP contribution in [0, 0.1) is 17.6 Å². The summed E-state index contributed by atoms with van der Waals surface area (Å²) in [6.45, 7) is 2.42. The Bertz CT molecular complexity index is 398. The van der Waals surface area contributed by atoms with Gasteiger partial charge in [-0.15, -0.1) is 0 Å². The van der Waals surface area contributed by atoms with Crippen molar-refractivity contribution in [2.75, 3.05) is 11.9 Å². The second-order valence-electron chi connectivity index (χ2n) is 3.89. The van der Waals surface area contributed by atoms with Crippen LogP contribution in [-0.2, 0) is 0 Å². The zero-order valence-electron chi connectivity index (χ0n) is 9.47. The van der Waals surface area contributed by atoms with E-state index in [4.69, 9.17) is 0 Å². The van der Waals surface area contributed by atoms with Crippen LogP contribution in [0.2, 0.25) is 0 Å². The van der Waals surface area contributed by atoms with Crippen molar-refractivity contribution >= 4 is 21.8 Å². The van der Waals surface area contributed by atoms with E-state index in [1.165, 1.54) is 12.1 Å². The molecule has 1 rings (SSSR count). The van der Waals surface area contributed by atoms with E-state index in [1.807, 2.05) is 6.92 Å². The van der Waals surface area contributed by atoms with Crippen molar-refractivity contribution in [2.45, 2.75) is 13.3 Å². The number of carbonyl (C=O) groups excluding carboxylic acids is 1. The Morgan fingerprint density at radius 3 is 2.82 bits per heavy atom. The number of carbonyl (C=O) groups is 1. The molecule has 5 heteroatoms. The Labute approximate surface area is 108 Å². The van der Waals surface area contributed by atoms with Gasteiger partial charge < -0.3 is 5.32 Å². The zero-order valence-corrected chi connectivity index (χ0v) is 11.1. The molecular weight excluding hydrogens is 292 g/mol. The van der Waals surface area contributed by atoms with Crippen LogP contribution in [0.15, 0.2) is 18.2 Å². The van der Waals surface area contributed by atoms with Crippen molar-refractivity contribution in [3.05, 3.63) is 35.4 Å². The van der Waals surface area contributed by atoms with E-state index in [0.717, 1.165) is 17.8 Å². The third-order valence-electron chi connectivity index (χ3n) is 2.41. The van der Waals surface area contributed by atoms with Gasteiger partial charge >= 0.3 is 0 Å². The third kappa shape index (κ3) is 4.07. The van der Waals surface area contributed by atoms with Gasteiger partial charge in [0.25, 0.3) is 5.91 Å². The number of hydrogen-bond acceptors (Lipinski definition) is 1. The van der Waals surface area contributed by atoms with Crippen LogP contribution in [0.5, 0.6) is 0 Å². The van der Waals surface area contributed by atoms with Crippen LogP contribution >= 0.6 is 15.9 Å². The van der Waals surface area contributed by atoms with Crippen LogP contribution in [0.1, 0.15) is 23.7 Å². The number of amides is 1. The Kier molecular flexibility index (Phi) is 5.55. The van der Waals surface area contributed by atoms with E-state index in [9.17, 15) is 13.6 Å². The number of hydrogen-bond donors (Lipinski definition) is 1. The smallest absolute Gasteiger partial charge is 0.254 e. The predicted octanol–water partition coefficient (Wildman–Crippen LogP) is 3.12. The number of halogens is 3. The lowest BCUT2D eigenvalue weighted by molar-refractivity contribution is 0.0943. The summed E-state index contributed by atoms with van der Waals surface area (Å²) in [6.07, 6.45) is 0.909. The number of alkyl halides is 1. The molecule has 0 saturated heterocycles. The van der Waals surface area contributed by atoms with Gasteiger partial charge in [0, 0.05) is 11.9 Å². The summed E-state index contributed by atoms with van der Waals surface area (Å²) in [5, 5.41) is 3.43. The molecule has 0 fully saturated rings. The fraction of sp³-hybridized carbons (Fsp3) is 0.417. The molecule has 0 bridgehead atoms. The minimum atomic E-state index is -1.10. The molecule has 1 amide bonds. The van der Waals surface area contributed by atoms with E-state index in [0.29, 0.717) is 6.54 Å². The largest absolute Gasteiger partial charge is 0.352 e. The van der Waals surface area contributed by atoms with Crippen molar-refractivity contribution in [1.29, 1.82) is 0 Å². The fourth-order valence-corrected chi connectivity index (χ4v) is 2.11. The SMILES string of the molecule is CC(CCBr)CNC(=O)c1cccc(F)c1F. The minimum Gasteiger partial charge on any atom is -0.352 e. The van der Waals surface area contributed by atoms with Gasteiger partial charge in [0.1, 0.15) is 0 Å². The molecule has 0 saturated carbocycles. The Balaban J connectivity index is 2.61. The minimum absolute atomic E-state index is 0.254. The molecule has 1 atom stereocenters. The van der Waals surface area contributed by atoms with Crippen molar-refractivity contribution in [2.24, 2.45) is 5.92 Å². The van der Waals surface area contributed by atoms with Crippen LogP contribution in [0.4, 0.5) is 8.78 Å². The quantitative estimate of drug-likeness (QED) is 0.832. The van der Waals surface area contributed by atoms with Crippen molar-refractivity contribution in [3.63, 3.8) is 0 Å². The summed E-state index contributed by atoms with van der Waals surface area (Å²) in [5.41, 5.74) is -0.254. The summed E-state index contributed by atoms with van der Waals surface area (Å²) >= 11 is 3.30. The van der Waals surface area contributed by atoms with Gasteiger partial charge in [-0.1, -0.05) is 28.9 Å². The molecule has 0 radical (unpaired) electrons. The van der Waals surface area contributed by atoms with Gasteiger partial charge in [0.05, 0.1) is 5.56 Å². The highest BCUT2D eigenvalue weighted by Gasteiger charge is 2.15. The van der Waals surface area contributed by atoms with Gasteiger partial charge in [-0.2, -0.15) is 0 Å². The van der Waals surface area contributed by atoms with E-state index in [2.05, 4.69) is 21.2 Å². The van der Waals surface area contributed by atoms with Gasteiger partial charge in [-0.3, -0.25) is 4.79 Å². The van der Waals surface area contributed by atoms with Crippen LogP contribution < -0.4 is 5.32 Å². The van der Waals surface area contributed by atoms with Gasteiger partial charge in [-0.05, 0) is 24.5 Å². The van der Waals surface area contributed by atoms with Crippen LogP contribution in [-0.4, -0.2) is 17.8 Å². The van der Waals surface area contributed by atoms with Crippen molar-refractivity contribution < 1.29 is 13.6 Å². The first-order valence-electron chi connectivity index (χ1n) is 5.34. The molecule has 17 heavy (non-hydrogen) atoms. The normalized spacial score (nSPS) is 12.2. The molecule has 2 nitrogen and oxygen atoms in total. The predicted molar refractivity (Wildman–Crippen MR) is 66.3 cm³/mol. The average molecular weight is 306 g/mol. The Hall–Kier alpha value is -0.970. The monoisotopic (exact) mass is 305 g/mol. The number of benzene rings is 1. The van der Waals surface area contributed by atoms with E-state index in [-0.39, 0.29) is 11.5 Å². The second-order valence-corrected chi connectivity index (χ2v) is 4.69. The summed E-state index contributed by atoms with van der Waals surface area (Å²) in [5.74, 6) is -2.40. The van der Waals surface area contributed by atoms with E-state index in [1.54, 1.807) is 0 Å². The van der Waals surface area contributed by atoms with Gasteiger partial charge in [0.15, 0.2) is 11.6 Å². The van der Waals surface area contributed by atoms with Crippen LogP contribution in [0.3, 0.4) is 0 Å². The van der Waals surface area contributed by atoms with Crippen LogP contribution in [0.25, 0.3) is 0 Å². The fourth-order valence-electron chi connectivity index (χ4n) is 1.33. The molecule has 0 heterocycles. The average Bonchev–Trinajstić information content (AvgIpc) is 2.30. The molecule has 94 valence electrons. The first-order chi connectivity index (χ1) is 8.06. The molecule has 1 unspecified atom stereocenters. The summed E-state index contributed by atoms with van der Waals surface area (Å²) in [7, 11) is 0. The standard InChI is InChI=1S/C12H14BrF2NO/c1-8(5-6-13)7-16-12(17)9-3-2-4-10(14)11(9)15/h2-4,8H,5-7H2,1H3,(H,16,17). The molecule has 0 spiro atoms. The molecular formula is C12H14BrF2NO. The molecule has 0 aliphatic carbocycles. The maximum absolute atomic E-state index is 13.3. The molecule has 0 aromatic heterocycles. The Morgan fingerprint density at radius 1 is 1.47 bits per heavy atom. The lowest BCUT2D eigenvalue weighted by Gasteiger charge is -2.11. The van der Waals surface area contributed by atoms with Crippen molar-refractivity contribution in [1.82, 2.24) is 5.32 Å². The first-order valence-corrected chi connectivity index (χ1v) is 6.46. The summed E-state index contributed by atoms with van der Waals surface area (Å²) in [6, 6.07) is 3.57. The highest BCUT2D eigenvalue weighted by atomic mass is 79.9. The third-order valence-corrected chi connectivity index (χ3v) is 2.87. The topological polar surface area (TPSA) is 29.1 Å². The zero-order chi connectivity index (χ0) is 12.8. The highest BCUT2D eigenvalue weighted by Crippen LogP contribution is 2.11. The molecule has 1 aromatic rings. The molecule has 1 aromatic carbocycles. The summed E-state index contributed by atoms with van der Waals surface area (Å²) in [4.78, 5) is 11.6. The first kappa shape index (κ1) is 14.1. The van der Waals surface area contributed by atoms with E-state index < -0.39 is 17.5 Å². The maximum Gasteiger partial charge on any atom is 0.254 e. The number of nitrogens with one attached hydrogen (secondary N) is 1. The lowest BCUT2D eigenvalue weighted by Crippen LogP contribution is -2.29.